The summed E-state index contributed by atoms with van der Waals surface area (Å²) in [7, 11) is 0. The third-order valence-electron chi connectivity index (χ3n) is 4.23. The quantitative estimate of drug-likeness (QED) is 0.513. The summed E-state index contributed by atoms with van der Waals surface area (Å²) in [6, 6.07) is 14.9. The molecular formula is C20H23N3O2. The van der Waals surface area contributed by atoms with Crippen molar-refractivity contribution < 1.29 is 4.79 Å². The highest BCUT2D eigenvalue weighted by atomic mass is 16.2. The van der Waals surface area contributed by atoms with Gasteiger partial charge in [0.05, 0.1) is 11.0 Å². The monoisotopic (exact) mass is 337 g/mol. The number of hydrogen-bond acceptors (Lipinski definition) is 3. The minimum atomic E-state index is -0.0581. The third-order valence-corrected chi connectivity index (χ3v) is 4.23. The molecule has 0 aliphatic carbocycles. The number of carbonyl (C=O) groups excluding carboxylic acids is 1. The zero-order valence-electron chi connectivity index (χ0n) is 14.4. The van der Waals surface area contributed by atoms with Crippen molar-refractivity contribution in [1.82, 2.24) is 15.2 Å². The van der Waals surface area contributed by atoms with E-state index in [0.717, 1.165) is 30.5 Å². The first kappa shape index (κ1) is 17.2. The topological polar surface area (TPSA) is 63.1 Å². The van der Waals surface area contributed by atoms with Gasteiger partial charge in [0.15, 0.2) is 5.43 Å². The predicted octanol–water partition coefficient (Wildman–Crippen LogP) is 2.27. The van der Waals surface area contributed by atoms with Gasteiger partial charge in [0, 0.05) is 23.9 Å². The highest BCUT2D eigenvalue weighted by Gasteiger charge is 2.12. The molecule has 25 heavy (non-hydrogen) atoms. The van der Waals surface area contributed by atoms with Gasteiger partial charge in [-0.3, -0.25) is 9.59 Å². The van der Waals surface area contributed by atoms with Gasteiger partial charge in [-0.2, -0.15) is 0 Å². The molecule has 2 N–H and O–H groups in total. The molecule has 2 aromatic carbocycles. The SMILES string of the molecule is CCCNCCNC(=O)Cn1c2ccccc2c(=O)c2ccccc21. The second-order valence-electron chi connectivity index (χ2n) is 6.05. The van der Waals surface area contributed by atoms with Crippen molar-refractivity contribution in [2.45, 2.75) is 19.9 Å². The van der Waals surface area contributed by atoms with Gasteiger partial charge in [-0.15, -0.1) is 0 Å². The van der Waals surface area contributed by atoms with Crippen LogP contribution in [-0.4, -0.2) is 30.1 Å². The molecule has 0 aliphatic rings. The molecule has 0 saturated carbocycles. The molecule has 3 rings (SSSR count). The number of rotatable bonds is 7. The highest BCUT2D eigenvalue weighted by Crippen LogP contribution is 2.18. The van der Waals surface area contributed by atoms with Crippen molar-refractivity contribution in [3.05, 3.63) is 58.8 Å². The normalized spacial score (nSPS) is 11.1. The smallest absolute Gasteiger partial charge is 0.240 e. The number of para-hydroxylation sites is 2. The van der Waals surface area contributed by atoms with Crippen molar-refractivity contribution in [2.75, 3.05) is 19.6 Å². The zero-order chi connectivity index (χ0) is 17.6. The van der Waals surface area contributed by atoms with E-state index in [0.29, 0.717) is 17.3 Å². The molecule has 1 amide bonds. The lowest BCUT2D eigenvalue weighted by Crippen LogP contribution is -2.34. The highest BCUT2D eigenvalue weighted by molar-refractivity contribution is 5.94. The van der Waals surface area contributed by atoms with Crippen LogP contribution in [0.15, 0.2) is 53.3 Å². The second kappa shape index (κ2) is 7.94. The summed E-state index contributed by atoms with van der Waals surface area (Å²) in [4.78, 5) is 25.1. The van der Waals surface area contributed by atoms with E-state index in [1.54, 1.807) is 0 Å². The molecule has 0 bridgehead atoms. The Morgan fingerprint density at radius 3 is 2.12 bits per heavy atom. The van der Waals surface area contributed by atoms with Gasteiger partial charge in [-0.1, -0.05) is 31.2 Å². The molecule has 130 valence electrons. The van der Waals surface area contributed by atoms with Crippen LogP contribution in [0.1, 0.15) is 13.3 Å². The number of fused-ring (bicyclic) bond motifs is 2. The Bertz CT molecular complexity index is 886. The number of pyridine rings is 1. The molecule has 0 spiro atoms. The molecule has 0 fully saturated rings. The summed E-state index contributed by atoms with van der Waals surface area (Å²) in [5, 5.41) is 7.47. The minimum Gasteiger partial charge on any atom is -0.353 e. The fourth-order valence-corrected chi connectivity index (χ4v) is 3.04. The molecule has 1 aromatic heterocycles. The Morgan fingerprint density at radius 2 is 1.52 bits per heavy atom. The lowest BCUT2D eigenvalue weighted by Gasteiger charge is -2.15. The van der Waals surface area contributed by atoms with Crippen LogP contribution in [0.3, 0.4) is 0 Å². The Balaban J connectivity index is 1.90. The maximum Gasteiger partial charge on any atom is 0.240 e. The summed E-state index contributed by atoms with van der Waals surface area (Å²) in [5.74, 6) is -0.0581. The maximum absolute atomic E-state index is 12.7. The number of hydrogen-bond donors (Lipinski definition) is 2. The first-order valence-corrected chi connectivity index (χ1v) is 8.70. The standard InChI is InChI=1S/C20H23N3O2/c1-2-11-21-12-13-22-19(24)14-23-17-9-5-3-7-15(17)20(25)16-8-4-6-10-18(16)23/h3-10,21H,2,11-14H2,1H3,(H,22,24). The Kier molecular flexibility index (Phi) is 5.46. The molecule has 5 heteroatoms. The first-order valence-electron chi connectivity index (χ1n) is 8.70. The van der Waals surface area contributed by atoms with E-state index < -0.39 is 0 Å². The van der Waals surface area contributed by atoms with Gasteiger partial charge in [0.25, 0.3) is 0 Å². The largest absolute Gasteiger partial charge is 0.353 e. The van der Waals surface area contributed by atoms with Crippen LogP contribution in [0.25, 0.3) is 21.8 Å². The van der Waals surface area contributed by atoms with E-state index >= 15 is 0 Å². The summed E-state index contributed by atoms with van der Waals surface area (Å²) in [6.45, 7) is 4.60. The summed E-state index contributed by atoms with van der Waals surface area (Å²) in [5.41, 5.74) is 1.57. The summed E-state index contributed by atoms with van der Waals surface area (Å²) in [6.07, 6.45) is 1.07. The molecule has 1 heterocycles. The van der Waals surface area contributed by atoms with E-state index in [9.17, 15) is 9.59 Å². The molecule has 3 aromatic rings. The van der Waals surface area contributed by atoms with Crippen molar-refractivity contribution in [2.24, 2.45) is 0 Å². The van der Waals surface area contributed by atoms with E-state index in [-0.39, 0.29) is 17.9 Å². The number of nitrogens with one attached hydrogen (secondary N) is 2. The Hall–Kier alpha value is -2.66. The molecular weight excluding hydrogens is 314 g/mol. The fourth-order valence-electron chi connectivity index (χ4n) is 3.04. The molecule has 5 nitrogen and oxygen atoms in total. The Morgan fingerprint density at radius 1 is 0.920 bits per heavy atom. The number of nitrogens with zero attached hydrogens (tertiary/aromatic N) is 1. The summed E-state index contributed by atoms with van der Waals surface area (Å²) >= 11 is 0. The molecule has 0 radical (unpaired) electrons. The van der Waals surface area contributed by atoms with E-state index in [4.69, 9.17) is 0 Å². The fraction of sp³-hybridized carbons (Fsp3) is 0.300. The van der Waals surface area contributed by atoms with Gasteiger partial charge in [-0.25, -0.2) is 0 Å². The zero-order valence-corrected chi connectivity index (χ0v) is 14.4. The number of carbonyl (C=O) groups is 1. The van der Waals surface area contributed by atoms with Crippen LogP contribution in [0.4, 0.5) is 0 Å². The number of amides is 1. The average molecular weight is 337 g/mol. The van der Waals surface area contributed by atoms with Crippen molar-refractivity contribution in [3.63, 3.8) is 0 Å². The molecule has 0 unspecified atom stereocenters. The molecule has 0 aliphatic heterocycles. The number of aromatic nitrogens is 1. The van der Waals surface area contributed by atoms with Crippen LogP contribution in [0.5, 0.6) is 0 Å². The predicted molar refractivity (Wildman–Crippen MR) is 102 cm³/mol. The van der Waals surface area contributed by atoms with Gasteiger partial charge < -0.3 is 15.2 Å². The van der Waals surface area contributed by atoms with Crippen molar-refractivity contribution in [1.29, 1.82) is 0 Å². The van der Waals surface area contributed by atoms with Crippen LogP contribution in [0.2, 0.25) is 0 Å². The van der Waals surface area contributed by atoms with Crippen molar-refractivity contribution in [3.8, 4) is 0 Å². The van der Waals surface area contributed by atoms with Gasteiger partial charge in [-0.05, 0) is 37.2 Å². The van der Waals surface area contributed by atoms with Gasteiger partial charge >= 0.3 is 0 Å². The van der Waals surface area contributed by atoms with Crippen LogP contribution < -0.4 is 16.1 Å². The van der Waals surface area contributed by atoms with Crippen LogP contribution >= 0.6 is 0 Å². The third kappa shape index (κ3) is 3.72. The minimum absolute atomic E-state index is 0.00613. The maximum atomic E-state index is 12.7. The lowest BCUT2D eigenvalue weighted by molar-refractivity contribution is -0.121. The van der Waals surface area contributed by atoms with Gasteiger partial charge in [0.2, 0.25) is 5.91 Å². The molecule has 0 saturated heterocycles. The van der Waals surface area contributed by atoms with Gasteiger partial charge in [0.1, 0.15) is 6.54 Å². The lowest BCUT2D eigenvalue weighted by atomic mass is 10.1. The van der Waals surface area contributed by atoms with E-state index in [2.05, 4.69) is 17.6 Å². The Labute approximate surface area is 146 Å². The average Bonchev–Trinajstić information content (AvgIpc) is 2.65. The van der Waals surface area contributed by atoms with Crippen molar-refractivity contribution >= 4 is 27.7 Å². The second-order valence-corrected chi connectivity index (χ2v) is 6.05. The molecule has 0 atom stereocenters. The van der Waals surface area contributed by atoms with Crippen LogP contribution in [0, 0.1) is 0 Å². The summed E-state index contributed by atoms with van der Waals surface area (Å²) < 4.78 is 1.92. The van der Waals surface area contributed by atoms with E-state index in [1.165, 1.54) is 0 Å². The van der Waals surface area contributed by atoms with Crippen LogP contribution in [-0.2, 0) is 11.3 Å². The first-order chi connectivity index (χ1) is 12.2. The van der Waals surface area contributed by atoms with E-state index in [1.807, 2.05) is 53.1 Å². The number of benzene rings is 2.